The number of ether oxygens (including phenoxy) is 1. The number of allylic oxidation sites excluding steroid dienone is 2. The average Bonchev–Trinajstić information content (AvgIpc) is 2.77. The minimum atomic E-state index is 0.430. The van der Waals surface area contributed by atoms with E-state index in [0.29, 0.717) is 11.8 Å². The molecule has 1 saturated heterocycles. The molecule has 1 atom stereocenters. The van der Waals surface area contributed by atoms with E-state index in [1.54, 1.807) is 19.5 Å². The lowest BCUT2D eigenvalue weighted by Gasteiger charge is -2.36. The van der Waals surface area contributed by atoms with Crippen molar-refractivity contribution in [1.29, 1.82) is 0 Å². The molecule has 2 heterocycles. The number of methoxy groups -OCH3 is 1. The van der Waals surface area contributed by atoms with Crippen LogP contribution in [0.25, 0.3) is 5.57 Å². The molecular formula is C25H28N2OS. The number of hydrogen-bond donors (Lipinski definition) is 1. The summed E-state index contributed by atoms with van der Waals surface area (Å²) in [5.41, 5.74) is 5.31. The number of benzene rings is 2. The molecule has 29 heavy (non-hydrogen) atoms. The van der Waals surface area contributed by atoms with Gasteiger partial charge in [0.2, 0.25) is 0 Å². The summed E-state index contributed by atoms with van der Waals surface area (Å²) in [4.78, 5) is 6.71. The standard InChI is InChI=1S/C25H28N2OS/c1-4-26-13-10-17(2)19-8-9-20-23(16-19)29-25-21(6-5-7-22(25)28-3)24(20)18-11-14-27-15-12-18/h4-10,13,16,18,24,27H,1,11-12,14-15H2,2-3H3/b17-10+,26-13?. The molecule has 0 radical (unpaired) electrons. The summed E-state index contributed by atoms with van der Waals surface area (Å²) in [5.74, 6) is 2.07. The summed E-state index contributed by atoms with van der Waals surface area (Å²) in [6.45, 7) is 7.96. The average molecular weight is 405 g/mol. The van der Waals surface area contributed by atoms with Crippen LogP contribution < -0.4 is 10.1 Å². The van der Waals surface area contributed by atoms with Crippen molar-refractivity contribution in [2.45, 2.75) is 35.5 Å². The minimum Gasteiger partial charge on any atom is -0.496 e. The maximum atomic E-state index is 5.74. The van der Waals surface area contributed by atoms with E-state index in [1.165, 1.54) is 44.9 Å². The molecule has 1 N–H and O–H groups in total. The van der Waals surface area contributed by atoms with Gasteiger partial charge in [-0.2, -0.15) is 0 Å². The van der Waals surface area contributed by atoms with Gasteiger partial charge in [0, 0.05) is 23.2 Å². The lowest BCUT2D eigenvalue weighted by atomic mass is 9.75. The zero-order chi connectivity index (χ0) is 20.2. The molecule has 1 fully saturated rings. The highest BCUT2D eigenvalue weighted by atomic mass is 32.2. The quantitative estimate of drug-likeness (QED) is 0.629. The predicted molar refractivity (Wildman–Crippen MR) is 123 cm³/mol. The van der Waals surface area contributed by atoms with E-state index in [1.807, 2.05) is 17.8 Å². The van der Waals surface area contributed by atoms with Crippen LogP contribution in [0.4, 0.5) is 0 Å². The van der Waals surface area contributed by atoms with Gasteiger partial charge in [0.05, 0.1) is 12.0 Å². The Morgan fingerprint density at radius 3 is 2.79 bits per heavy atom. The fourth-order valence-corrected chi connectivity index (χ4v) is 5.73. The molecule has 1 unspecified atom stereocenters. The third-order valence-electron chi connectivity index (χ3n) is 5.95. The summed E-state index contributed by atoms with van der Waals surface area (Å²) in [6.07, 6.45) is 7.81. The van der Waals surface area contributed by atoms with Crippen molar-refractivity contribution < 1.29 is 4.74 Å². The van der Waals surface area contributed by atoms with Gasteiger partial charge in [-0.05, 0) is 79.2 Å². The molecule has 0 saturated carbocycles. The van der Waals surface area contributed by atoms with Crippen LogP contribution in [-0.2, 0) is 0 Å². The van der Waals surface area contributed by atoms with Crippen LogP contribution in [0.2, 0.25) is 0 Å². The van der Waals surface area contributed by atoms with Gasteiger partial charge in [0.25, 0.3) is 0 Å². The third kappa shape index (κ3) is 4.05. The Labute approximate surface area is 178 Å². The van der Waals surface area contributed by atoms with Gasteiger partial charge in [-0.1, -0.05) is 42.6 Å². The zero-order valence-electron chi connectivity index (χ0n) is 17.2. The molecule has 4 rings (SSSR count). The van der Waals surface area contributed by atoms with Gasteiger partial charge in [-0.15, -0.1) is 0 Å². The Kier molecular flexibility index (Phi) is 6.22. The van der Waals surface area contributed by atoms with Crippen LogP contribution in [0.3, 0.4) is 0 Å². The fraction of sp³-hybridized carbons (Fsp3) is 0.320. The van der Waals surface area contributed by atoms with Crippen molar-refractivity contribution in [2.24, 2.45) is 10.9 Å². The first-order valence-electron chi connectivity index (χ1n) is 10.2. The first kappa shape index (κ1) is 20.0. The normalized spacial score (nSPS) is 19.7. The van der Waals surface area contributed by atoms with Gasteiger partial charge in [0.15, 0.2) is 0 Å². The Morgan fingerprint density at radius 1 is 1.21 bits per heavy atom. The zero-order valence-corrected chi connectivity index (χ0v) is 18.0. The summed E-state index contributed by atoms with van der Waals surface area (Å²) in [5, 5.41) is 3.52. The summed E-state index contributed by atoms with van der Waals surface area (Å²) in [7, 11) is 1.77. The van der Waals surface area contributed by atoms with E-state index in [-0.39, 0.29) is 0 Å². The Hall–Kier alpha value is -2.30. The van der Waals surface area contributed by atoms with Crippen LogP contribution in [0.5, 0.6) is 5.75 Å². The molecule has 0 amide bonds. The molecule has 0 aromatic heterocycles. The molecule has 2 aliphatic rings. The van der Waals surface area contributed by atoms with Crippen molar-refractivity contribution >= 4 is 23.5 Å². The summed E-state index contributed by atoms with van der Waals surface area (Å²) in [6, 6.07) is 13.4. The SMILES string of the molecule is C=CN=C/C=C(\C)c1ccc2c(c1)Sc1c(OC)cccc1C2C1CCNCC1. The fourth-order valence-electron chi connectivity index (χ4n) is 4.45. The topological polar surface area (TPSA) is 33.6 Å². The second-order valence-electron chi connectivity index (χ2n) is 7.63. The first-order valence-corrected chi connectivity index (χ1v) is 11.1. The number of nitrogens with zero attached hydrogens (tertiary/aromatic N) is 1. The van der Waals surface area contributed by atoms with E-state index in [2.05, 4.69) is 60.2 Å². The van der Waals surface area contributed by atoms with E-state index in [9.17, 15) is 0 Å². The number of aliphatic imine (C=N–C) groups is 1. The van der Waals surface area contributed by atoms with E-state index in [0.717, 1.165) is 18.8 Å². The van der Waals surface area contributed by atoms with E-state index < -0.39 is 0 Å². The van der Waals surface area contributed by atoms with Gasteiger partial charge in [-0.3, -0.25) is 4.99 Å². The largest absolute Gasteiger partial charge is 0.496 e. The highest BCUT2D eigenvalue weighted by Crippen LogP contribution is 2.53. The maximum Gasteiger partial charge on any atom is 0.133 e. The van der Waals surface area contributed by atoms with Crippen molar-refractivity contribution in [3.8, 4) is 5.75 Å². The molecule has 0 bridgehead atoms. The van der Waals surface area contributed by atoms with Crippen LogP contribution in [-0.4, -0.2) is 26.4 Å². The van der Waals surface area contributed by atoms with Gasteiger partial charge >= 0.3 is 0 Å². The molecule has 150 valence electrons. The summed E-state index contributed by atoms with van der Waals surface area (Å²) >= 11 is 1.84. The monoisotopic (exact) mass is 404 g/mol. The first-order chi connectivity index (χ1) is 14.2. The van der Waals surface area contributed by atoms with Crippen LogP contribution in [0.15, 0.2) is 70.0 Å². The smallest absolute Gasteiger partial charge is 0.133 e. The third-order valence-corrected chi connectivity index (χ3v) is 7.17. The number of fused-ring (bicyclic) bond motifs is 2. The lowest BCUT2D eigenvalue weighted by molar-refractivity contribution is 0.335. The predicted octanol–water partition coefficient (Wildman–Crippen LogP) is 5.91. The molecule has 0 spiro atoms. The Bertz CT molecular complexity index is 957. The van der Waals surface area contributed by atoms with E-state index >= 15 is 0 Å². The molecule has 2 aromatic rings. The minimum absolute atomic E-state index is 0.430. The Morgan fingerprint density at radius 2 is 2.03 bits per heavy atom. The van der Waals surface area contributed by atoms with Gasteiger partial charge in [0.1, 0.15) is 5.75 Å². The number of hydrogen-bond acceptors (Lipinski definition) is 4. The van der Waals surface area contributed by atoms with Crippen LogP contribution >= 0.6 is 11.8 Å². The lowest BCUT2D eigenvalue weighted by Crippen LogP contribution is -2.32. The second-order valence-corrected chi connectivity index (χ2v) is 8.68. The number of piperidine rings is 1. The molecule has 0 aliphatic carbocycles. The van der Waals surface area contributed by atoms with E-state index in [4.69, 9.17) is 4.74 Å². The second kappa shape index (κ2) is 9.02. The highest BCUT2D eigenvalue weighted by molar-refractivity contribution is 7.99. The maximum absolute atomic E-state index is 5.74. The molecule has 3 nitrogen and oxygen atoms in total. The van der Waals surface area contributed by atoms with Crippen LogP contribution in [0.1, 0.15) is 42.4 Å². The Balaban J connectivity index is 1.79. The van der Waals surface area contributed by atoms with Crippen LogP contribution in [0, 0.1) is 5.92 Å². The molecule has 2 aliphatic heterocycles. The molecule has 4 heteroatoms. The number of rotatable bonds is 5. The molecular weight excluding hydrogens is 376 g/mol. The van der Waals surface area contributed by atoms with Gasteiger partial charge < -0.3 is 10.1 Å². The van der Waals surface area contributed by atoms with Crippen molar-refractivity contribution in [3.63, 3.8) is 0 Å². The van der Waals surface area contributed by atoms with Crippen molar-refractivity contribution in [3.05, 3.63) is 71.9 Å². The number of nitrogens with one attached hydrogen (secondary N) is 1. The van der Waals surface area contributed by atoms with Crippen molar-refractivity contribution in [1.82, 2.24) is 5.32 Å². The highest BCUT2D eigenvalue weighted by Gasteiger charge is 2.34. The molecule has 2 aromatic carbocycles. The van der Waals surface area contributed by atoms with Crippen molar-refractivity contribution in [2.75, 3.05) is 20.2 Å². The summed E-state index contributed by atoms with van der Waals surface area (Å²) < 4.78 is 5.74. The van der Waals surface area contributed by atoms with Gasteiger partial charge in [-0.25, -0.2) is 0 Å².